The van der Waals surface area contributed by atoms with Gasteiger partial charge in [-0.2, -0.15) is 13.7 Å². The quantitative estimate of drug-likeness (QED) is 0.841. The van der Waals surface area contributed by atoms with Crippen LogP contribution in [0.15, 0.2) is 12.1 Å². The molecule has 0 saturated heterocycles. The zero-order valence-electron chi connectivity index (χ0n) is 10.8. The van der Waals surface area contributed by atoms with E-state index in [4.69, 9.17) is 5.26 Å². The van der Waals surface area contributed by atoms with Crippen molar-refractivity contribution in [2.75, 3.05) is 4.72 Å². The van der Waals surface area contributed by atoms with Crippen LogP contribution in [0.5, 0.6) is 0 Å². The van der Waals surface area contributed by atoms with Crippen LogP contribution in [0.3, 0.4) is 0 Å². The maximum atomic E-state index is 12.4. The van der Waals surface area contributed by atoms with Gasteiger partial charge in [0.25, 0.3) is 5.91 Å². The summed E-state index contributed by atoms with van der Waals surface area (Å²) in [6.07, 6.45) is 0. The van der Waals surface area contributed by atoms with E-state index in [-0.39, 0.29) is 16.8 Å². The molecule has 0 unspecified atom stereocenters. The lowest BCUT2D eigenvalue weighted by Gasteiger charge is -2.32. The zero-order valence-corrected chi connectivity index (χ0v) is 11.6. The molecule has 1 amide bonds. The smallest absolute Gasteiger partial charge is 0.268 e. The Labute approximate surface area is 111 Å². The molecule has 0 spiro atoms. The molecule has 0 bridgehead atoms. The van der Waals surface area contributed by atoms with Gasteiger partial charge in [-0.15, -0.1) is 0 Å². The van der Waals surface area contributed by atoms with Gasteiger partial charge in [-0.05, 0) is 32.4 Å². The van der Waals surface area contributed by atoms with E-state index >= 15 is 0 Å². The lowest BCUT2D eigenvalue weighted by molar-refractivity contribution is 0.0834. The minimum absolute atomic E-state index is 0.117. The summed E-state index contributed by atoms with van der Waals surface area (Å²) in [5, 5.41) is 9.06. The molecule has 1 N–H and O–H groups in total. The van der Waals surface area contributed by atoms with Gasteiger partial charge in [0.15, 0.2) is 0 Å². The molecular formula is C12H13N3O3S. The third-order valence-corrected chi connectivity index (χ3v) is 4.47. The fourth-order valence-corrected chi connectivity index (χ4v) is 3.55. The van der Waals surface area contributed by atoms with Crippen molar-refractivity contribution >= 4 is 21.8 Å². The highest BCUT2D eigenvalue weighted by atomic mass is 32.2. The van der Waals surface area contributed by atoms with Crippen LogP contribution in [0.25, 0.3) is 0 Å². The summed E-state index contributed by atoms with van der Waals surface area (Å²) in [6, 6.07) is 4.52. The molecule has 0 aromatic heterocycles. The number of nitrogens with one attached hydrogen (secondary N) is 1. The number of rotatable bonds is 1. The maximum absolute atomic E-state index is 12.4. The highest BCUT2D eigenvalue weighted by Gasteiger charge is 2.39. The second-order valence-electron chi connectivity index (χ2n) is 4.59. The fourth-order valence-electron chi connectivity index (χ4n) is 2.06. The number of carbonyl (C=O) groups is 1. The van der Waals surface area contributed by atoms with Gasteiger partial charge in [-0.1, -0.05) is 6.07 Å². The summed E-state index contributed by atoms with van der Waals surface area (Å²) >= 11 is 0. The molecule has 6 nitrogen and oxygen atoms in total. The van der Waals surface area contributed by atoms with Crippen molar-refractivity contribution in [3.05, 3.63) is 28.8 Å². The van der Waals surface area contributed by atoms with Gasteiger partial charge < -0.3 is 0 Å². The van der Waals surface area contributed by atoms with Gasteiger partial charge in [0.1, 0.15) is 6.07 Å². The van der Waals surface area contributed by atoms with E-state index in [9.17, 15) is 13.2 Å². The van der Waals surface area contributed by atoms with Gasteiger partial charge in [0.05, 0.1) is 16.8 Å². The molecule has 100 valence electrons. The Morgan fingerprint density at radius 2 is 2.00 bits per heavy atom. The van der Waals surface area contributed by atoms with Crippen LogP contribution >= 0.6 is 0 Å². The number of hydrogen-bond acceptors (Lipinski definition) is 4. The molecule has 0 fully saturated rings. The summed E-state index contributed by atoms with van der Waals surface area (Å²) in [6.45, 7) is 4.88. The summed E-state index contributed by atoms with van der Waals surface area (Å²) < 4.78 is 27.2. The lowest BCUT2D eigenvalue weighted by Crippen LogP contribution is -2.48. The molecular weight excluding hydrogens is 266 g/mol. The Hall–Kier alpha value is -2.07. The first-order valence-electron chi connectivity index (χ1n) is 5.69. The monoisotopic (exact) mass is 279 g/mol. The summed E-state index contributed by atoms with van der Waals surface area (Å²) in [4.78, 5) is 12.4. The number of anilines is 1. The Morgan fingerprint density at radius 3 is 2.53 bits per heavy atom. The van der Waals surface area contributed by atoms with Gasteiger partial charge in [0.2, 0.25) is 0 Å². The number of amides is 1. The number of benzene rings is 1. The van der Waals surface area contributed by atoms with Crippen molar-refractivity contribution in [2.24, 2.45) is 0 Å². The Balaban J connectivity index is 2.78. The van der Waals surface area contributed by atoms with E-state index in [0.717, 1.165) is 4.31 Å². The molecule has 2 rings (SSSR count). The molecule has 1 aromatic carbocycles. The van der Waals surface area contributed by atoms with Crippen LogP contribution in [0, 0.1) is 18.3 Å². The van der Waals surface area contributed by atoms with Crippen LogP contribution < -0.4 is 4.72 Å². The summed E-state index contributed by atoms with van der Waals surface area (Å²) in [5.74, 6) is -0.663. The number of hydrogen-bond donors (Lipinski definition) is 1. The summed E-state index contributed by atoms with van der Waals surface area (Å²) in [5.41, 5.74) is 1.08. The van der Waals surface area contributed by atoms with Crippen LogP contribution in [0.1, 0.15) is 35.3 Å². The first-order valence-corrected chi connectivity index (χ1v) is 7.14. The molecule has 0 atom stereocenters. The molecule has 1 aliphatic heterocycles. The number of fused-ring (bicyclic) bond motifs is 1. The van der Waals surface area contributed by atoms with Gasteiger partial charge in [0, 0.05) is 6.04 Å². The van der Waals surface area contributed by atoms with E-state index in [2.05, 4.69) is 4.72 Å². The largest absolute Gasteiger partial charge is 0.326 e. The third-order valence-electron chi connectivity index (χ3n) is 2.91. The lowest BCUT2D eigenvalue weighted by atomic mass is 10.0. The van der Waals surface area contributed by atoms with E-state index in [1.54, 1.807) is 26.8 Å². The molecule has 1 heterocycles. The molecule has 19 heavy (non-hydrogen) atoms. The third kappa shape index (κ3) is 1.94. The molecule has 0 aliphatic carbocycles. The van der Waals surface area contributed by atoms with Crippen molar-refractivity contribution in [3.8, 4) is 6.07 Å². The summed E-state index contributed by atoms with van der Waals surface area (Å²) in [7, 11) is -3.91. The molecule has 1 aliphatic rings. The molecule has 0 saturated carbocycles. The first-order chi connectivity index (χ1) is 8.79. The van der Waals surface area contributed by atoms with Crippen LogP contribution in [-0.2, 0) is 10.2 Å². The minimum atomic E-state index is -3.91. The van der Waals surface area contributed by atoms with Crippen molar-refractivity contribution in [1.29, 1.82) is 5.26 Å². The Morgan fingerprint density at radius 1 is 1.37 bits per heavy atom. The molecule has 0 radical (unpaired) electrons. The normalized spacial score (nSPS) is 16.8. The topological polar surface area (TPSA) is 90.3 Å². The second-order valence-corrected chi connectivity index (χ2v) is 6.14. The average Bonchev–Trinajstić information content (AvgIpc) is 2.29. The predicted octanol–water partition coefficient (Wildman–Crippen LogP) is 1.39. The van der Waals surface area contributed by atoms with E-state index < -0.39 is 22.2 Å². The van der Waals surface area contributed by atoms with E-state index in [0.29, 0.717) is 5.56 Å². The highest BCUT2D eigenvalue weighted by Crippen LogP contribution is 2.32. The van der Waals surface area contributed by atoms with E-state index in [1.807, 2.05) is 6.07 Å². The van der Waals surface area contributed by atoms with Crippen LogP contribution in [0.2, 0.25) is 0 Å². The number of carbonyl (C=O) groups excluding carboxylic acids is 1. The zero-order chi connectivity index (χ0) is 14.4. The molecule has 1 aromatic rings. The number of nitriles is 1. The average molecular weight is 279 g/mol. The molecule has 7 heteroatoms. The standard InChI is InChI=1S/C12H13N3O3S/c1-7(2)15-12(16)10-9(6-13)5-4-8(3)11(10)14-19(15,17)18/h4-5,7,14H,1-3H3. The van der Waals surface area contributed by atoms with Crippen molar-refractivity contribution in [3.63, 3.8) is 0 Å². The SMILES string of the molecule is Cc1ccc(C#N)c2c1NS(=O)(=O)N(C(C)C)C2=O. The predicted molar refractivity (Wildman–Crippen MR) is 69.7 cm³/mol. The minimum Gasteiger partial charge on any atom is -0.268 e. The van der Waals surface area contributed by atoms with Crippen molar-refractivity contribution in [1.82, 2.24) is 4.31 Å². The van der Waals surface area contributed by atoms with Gasteiger partial charge in [-0.3, -0.25) is 9.52 Å². The highest BCUT2D eigenvalue weighted by molar-refractivity contribution is 7.91. The van der Waals surface area contributed by atoms with Crippen LogP contribution in [-0.4, -0.2) is 24.7 Å². The fraction of sp³-hybridized carbons (Fsp3) is 0.333. The second kappa shape index (κ2) is 4.24. The Bertz CT molecular complexity index is 702. The van der Waals surface area contributed by atoms with Crippen LogP contribution in [0.4, 0.5) is 5.69 Å². The van der Waals surface area contributed by atoms with Crippen molar-refractivity contribution < 1.29 is 13.2 Å². The number of aryl methyl sites for hydroxylation is 1. The first kappa shape index (κ1) is 13.4. The Kier molecular flexibility index (Phi) is 2.98. The number of nitrogens with zero attached hydrogens (tertiary/aromatic N) is 2. The van der Waals surface area contributed by atoms with Gasteiger partial charge >= 0.3 is 10.2 Å². The van der Waals surface area contributed by atoms with E-state index in [1.165, 1.54) is 6.07 Å². The van der Waals surface area contributed by atoms with Gasteiger partial charge in [-0.25, -0.2) is 4.31 Å². The van der Waals surface area contributed by atoms with Crippen molar-refractivity contribution in [2.45, 2.75) is 26.8 Å². The maximum Gasteiger partial charge on any atom is 0.326 e.